The number of rotatable bonds is 4. The van der Waals surface area contributed by atoms with Crippen LogP contribution >= 0.6 is 0 Å². The molecule has 1 aromatic rings. The lowest BCUT2D eigenvalue weighted by molar-refractivity contribution is -0.139. The predicted octanol–water partition coefficient (Wildman–Crippen LogP) is 2.67. The van der Waals surface area contributed by atoms with Gasteiger partial charge in [0, 0.05) is 12.7 Å². The van der Waals surface area contributed by atoms with Crippen LogP contribution in [0.15, 0.2) is 6.20 Å². The van der Waals surface area contributed by atoms with Crippen molar-refractivity contribution in [3.8, 4) is 0 Å². The molecule has 4 nitrogen and oxygen atoms in total. The van der Waals surface area contributed by atoms with Crippen LogP contribution in [0.5, 0.6) is 0 Å². The Kier molecular flexibility index (Phi) is 4.98. The number of nitrogens with zero attached hydrogens (tertiary/aromatic N) is 1. The Morgan fingerprint density at radius 2 is 2.05 bits per heavy atom. The van der Waals surface area contributed by atoms with E-state index in [0.29, 0.717) is 6.20 Å². The van der Waals surface area contributed by atoms with E-state index in [1.165, 1.54) is 6.92 Å². The first-order valence-electron chi connectivity index (χ1n) is 5.48. The quantitative estimate of drug-likeness (QED) is 0.685. The van der Waals surface area contributed by atoms with Gasteiger partial charge in [-0.3, -0.25) is 4.98 Å². The van der Waals surface area contributed by atoms with Crippen molar-refractivity contribution in [2.24, 2.45) is 5.73 Å². The summed E-state index contributed by atoms with van der Waals surface area (Å²) < 4.78 is 69.0. The van der Waals surface area contributed by atoms with Gasteiger partial charge in [-0.15, -0.1) is 0 Å². The van der Waals surface area contributed by atoms with Gasteiger partial charge in [-0.2, -0.15) is 13.2 Å². The molecule has 0 saturated carbocycles. The Labute approximate surface area is 110 Å². The number of alkyl halides is 5. The van der Waals surface area contributed by atoms with Crippen LogP contribution in [0.2, 0.25) is 0 Å². The summed E-state index contributed by atoms with van der Waals surface area (Å²) in [5, 5.41) is 0. The normalized spacial score (nSPS) is 11.8. The van der Waals surface area contributed by atoms with E-state index in [2.05, 4.69) is 9.72 Å². The van der Waals surface area contributed by atoms with Gasteiger partial charge < -0.3 is 10.5 Å². The zero-order valence-corrected chi connectivity index (χ0v) is 10.3. The molecule has 1 rings (SSSR count). The zero-order chi connectivity index (χ0) is 15.5. The lowest BCUT2D eigenvalue weighted by atomic mass is 10.0. The van der Waals surface area contributed by atoms with Gasteiger partial charge in [-0.05, 0) is 6.92 Å². The lowest BCUT2D eigenvalue weighted by Gasteiger charge is -2.18. The summed E-state index contributed by atoms with van der Waals surface area (Å²) in [6.45, 7) is 0.447. The molecule has 0 radical (unpaired) electrons. The lowest BCUT2D eigenvalue weighted by Crippen LogP contribution is -2.22. The Hall–Kier alpha value is -1.77. The van der Waals surface area contributed by atoms with E-state index in [-0.39, 0.29) is 6.61 Å². The summed E-state index contributed by atoms with van der Waals surface area (Å²) in [7, 11) is 0. The molecular formula is C11H11F5N2O2. The van der Waals surface area contributed by atoms with Gasteiger partial charge in [0.1, 0.15) is 0 Å². The summed E-state index contributed by atoms with van der Waals surface area (Å²) in [4.78, 5) is 14.8. The number of halogens is 5. The maximum absolute atomic E-state index is 13.0. The first kappa shape index (κ1) is 16.3. The number of ether oxygens (including phenoxy) is 1. The molecule has 20 heavy (non-hydrogen) atoms. The highest BCUT2D eigenvalue weighted by molar-refractivity contribution is 5.93. The minimum atomic E-state index is -5.05. The van der Waals surface area contributed by atoms with Gasteiger partial charge in [-0.1, -0.05) is 0 Å². The maximum atomic E-state index is 13.0. The number of hydrogen-bond acceptors (Lipinski definition) is 4. The van der Waals surface area contributed by atoms with Crippen molar-refractivity contribution < 1.29 is 31.5 Å². The smallest absolute Gasteiger partial charge is 0.419 e. The largest absolute Gasteiger partial charge is 0.462 e. The summed E-state index contributed by atoms with van der Waals surface area (Å²) in [5.74, 6) is -1.48. The van der Waals surface area contributed by atoms with E-state index in [9.17, 15) is 26.7 Å². The summed E-state index contributed by atoms with van der Waals surface area (Å²) >= 11 is 0. The number of pyridine rings is 1. The average Bonchev–Trinajstić information content (AvgIpc) is 2.35. The molecule has 2 N–H and O–H groups in total. The van der Waals surface area contributed by atoms with Crippen LogP contribution < -0.4 is 5.73 Å². The van der Waals surface area contributed by atoms with Gasteiger partial charge in [0.2, 0.25) is 0 Å². The number of aromatic nitrogens is 1. The van der Waals surface area contributed by atoms with Crippen molar-refractivity contribution in [3.63, 3.8) is 0 Å². The Morgan fingerprint density at radius 3 is 2.45 bits per heavy atom. The van der Waals surface area contributed by atoms with Crippen molar-refractivity contribution >= 4 is 5.97 Å². The molecule has 0 aliphatic rings. The number of carbonyl (C=O) groups excluding carboxylic acids is 1. The molecular weight excluding hydrogens is 287 g/mol. The second-order valence-corrected chi connectivity index (χ2v) is 3.63. The molecule has 0 unspecified atom stereocenters. The van der Waals surface area contributed by atoms with E-state index in [0.717, 1.165) is 0 Å². The summed E-state index contributed by atoms with van der Waals surface area (Å²) in [6.07, 6.45) is -7.84. The molecule has 9 heteroatoms. The molecule has 0 aromatic carbocycles. The molecule has 0 bridgehead atoms. The van der Waals surface area contributed by atoms with Crippen LogP contribution in [0, 0.1) is 0 Å². The van der Waals surface area contributed by atoms with Crippen molar-refractivity contribution in [1.29, 1.82) is 0 Å². The van der Waals surface area contributed by atoms with E-state index < -0.39 is 47.5 Å². The Balaban J connectivity index is 3.65. The van der Waals surface area contributed by atoms with E-state index in [1.807, 2.05) is 0 Å². The van der Waals surface area contributed by atoms with Crippen molar-refractivity contribution in [3.05, 3.63) is 28.6 Å². The predicted molar refractivity (Wildman–Crippen MR) is 58.0 cm³/mol. The fourth-order valence-electron chi connectivity index (χ4n) is 1.61. The minimum Gasteiger partial charge on any atom is -0.462 e. The van der Waals surface area contributed by atoms with Crippen molar-refractivity contribution in [2.75, 3.05) is 6.61 Å². The third-order valence-corrected chi connectivity index (χ3v) is 2.38. The van der Waals surface area contributed by atoms with Crippen LogP contribution in [0.25, 0.3) is 0 Å². The summed E-state index contributed by atoms with van der Waals surface area (Å²) in [5.41, 5.74) is 0.488. The van der Waals surface area contributed by atoms with E-state index in [1.54, 1.807) is 0 Å². The SMILES string of the molecule is CCOC(=O)c1c(C(F)F)cnc(CN)c1C(F)(F)F. The Bertz CT molecular complexity index is 502. The third-order valence-electron chi connectivity index (χ3n) is 2.38. The monoisotopic (exact) mass is 298 g/mol. The number of nitrogens with two attached hydrogens (primary N) is 1. The maximum Gasteiger partial charge on any atom is 0.419 e. The molecule has 0 amide bonds. The Morgan fingerprint density at radius 1 is 1.45 bits per heavy atom. The number of carbonyl (C=O) groups is 1. The fraction of sp³-hybridized carbons (Fsp3) is 0.455. The van der Waals surface area contributed by atoms with Gasteiger partial charge in [0.25, 0.3) is 6.43 Å². The molecule has 0 saturated heterocycles. The van der Waals surface area contributed by atoms with Gasteiger partial charge in [-0.25, -0.2) is 13.6 Å². The van der Waals surface area contributed by atoms with E-state index >= 15 is 0 Å². The topological polar surface area (TPSA) is 65.2 Å². The van der Waals surface area contributed by atoms with Crippen LogP contribution in [0.3, 0.4) is 0 Å². The fourth-order valence-corrected chi connectivity index (χ4v) is 1.61. The highest BCUT2D eigenvalue weighted by atomic mass is 19.4. The zero-order valence-electron chi connectivity index (χ0n) is 10.3. The van der Waals surface area contributed by atoms with Crippen LogP contribution in [0.4, 0.5) is 22.0 Å². The van der Waals surface area contributed by atoms with Crippen LogP contribution in [-0.4, -0.2) is 17.6 Å². The van der Waals surface area contributed by atoms with Crippen molar-refractivity contribution in [2.45, 2.75) is 26.1 Å². The average molecular weight is 298 g/mol. The molecule has 0 fully saturated rings. The van der Waals surface area contributed by atoms with Gasteiger partial charge in [0.05, 0.1) is 29.0 Å². The highest BCUT2D eigenvalue weighted by Crippen LogP contribution is 2.38. The first-order chi connectivity index (χ1) is 9.23. The molecule has 1 heterocycles. The van der Waals surface area contributed by atoms with Gasteiger partial charge >= 0.3 is 12.1 Å². The number of esters is 1. The molecule has 0 spiro atoms. The second kappa shape index (κ2) is 6.12. The standard InChI is InChI=1S/C11H11F5N2O2/c1-2-20-10(19)7-5(9(12)13)4-18-6(3-17)8(7)11(14,15)16/h4,9H,2-3,17H2,1H3. The van der Waals surface area contributed by atoms with Crippen LogP contribution in [-0.2, 0) is 17.5 Å². The van der Waals surface area contributed by atoms with Gasteiger partial charge in [0.15, 0.2) is 0 Å². The molecule has 0 aliphatic carbocycles. The molecule has 0 atom stereocenters. The third kappa shape index (κ3) is 3.21. The van der Waals surface area contributed by atoms with Crippen molar-refractivity contribution in [1.82, 2.24) is 4.98 Å². The van der Waals surface area contributed by atoms with Crippen LogP contribution in [0.1, 0.15) is 40.5 Å². The number of hydrogen-bond donors (Lipinski definition) is 1. The molecule has 112 valence electrons. The summed E-state index contributed by atoms with van der Waals surface area (Å²) in [6, 6.07) is 0. The first-order valence-corrected chi connectivity index (χ1v) is 5.48. The minimum absolute atomic E-state index is 0.251. The second-order valence-electron chi connectivity index (χ2n) is 3.63. The molecule has 0 aliphatic heterocycles. The highest BCUT2D eigenvalue weighted by Gasteiger charge is 2.41. The molecule has 1 aromatic heterocycles. The van der Waals surface area contributed by atoms with E-state index in [4.69, 9.17) is 5.73 Å².